The molecule has 0 N–H and O–H groups in total. The van der Waals surface area contributed by atoms with Crippen LogP contribution in [0, 0.1) is 5.92 Å². The van der Waals surface area contributed by atoms with E-state index in [9.17, 15) is 9.59 Å². The third-order valence-corrected chi connectivity index (χ3v) is 1.76. The summed E-state index contributed by atoms with van der Waals surface area (Å²) in [4.78, 5) is 21.5. The van der Waals surface area contributed by atoms with Crippen molar-refractivity contribution >= 4 is 28.0 Å². The Morgan fingerprint density at radius 1 is 1.55 bits per heavy atom. The molecule has 4 heteroatoms. The first-order valence-electron chi connectivity index (χ1n) is 3.43. The molecule has 0 aliphatic heterocycles. The van der Waals surface area contributed by atoms with Crippen molar-refractivity contribution in [3.8, 4) is 0 Å². The van der Waals surface area contributed by atoms with Crippen LogP contribution in [0.1, 0.15) is 26.7 Å². The van der Waals surface area contributed by atoms with Gasteiger partial charge in [0.15, 0.2) is 16.3 Å². The topological polar surface area (TPSA) is 43.4 Å². The number of rotatable bonds is 4. The Bertz CT molecular complexity index is 156. The van der Waals surface area contributed by atoms with Crippen LogP contribution in [0.2, 0.25) is 0 Å². The SMILES string of the molecule is CCC(CC(C)=O)C(=O)OBr. The molecule has 0 fully saturated rings. The van der Waals surface area contributed by atoms with Crippen molar-refractivity contribution < 1.29 is 13.4 Å². The van der Waals surface area contributed by atoms with Gasteiger partial charge in [-0.2, -0.15) is 0 Å². The Labute approximate surface area is 74.6 Å². The standard InChI is InChI=1S/C7H11BrO3/c1-3-6(4-5(2)9)7(10)11-8/h6H,3-4H2,1-2H3. The number of Topliss-reactive ketones (excluding diaryl/α,β-unsaturated/α-hetero) is 1. The Hall–Kier alpha value is -0.380. The van der Waals surface area contributed by atoms with E-state index in [4.69, 9.17) is 0 Å². The first-order valence-corrected chi connectivity index (χ1v) is 4.08. The fraction of sp³-hybridized carbons (Fsp3) is 0.714. The van der Waals surface area contributed by atoms with E-state index in [1.165, 1.54) is 6.92 Å². The maximum absolute atomic E-state index is 10.9. The van der Waals surface area contributed by atoms with E-state index in [0.29, 0.717) is 6.42 Å². The van der Waals surface area contributed by atoms with Gasteiger partial charge >= 0.3 is 5.97 Å². The molecule has 11 heavy (non-hydrogen) atoms. The van der Waals surface area contributed by atoms with Crippen molar-refractivity contribution in [2.45, 2.75) is 26.7 Å². The lowest BCUT2D eigenvalue weighted by Gasteiger charge is -2.07. The van der Waals surface area contributed by atoms with Crippen molar-refractivity contribution in [3.63, 3.8) is 0 Å². The summed E-state index contributed by atoms with van der Waals surface area (Å²) in [7, 11) is 0. The summed E-state index contributed by atoms with van der Waals surface area (Å²) in [5, 5.41) is 0. The summed E-state index contributed by atoms with van der Waals surface area (Å²) in [6.07, 6.45) is 0.894. The first-order chi connectivity index (χ1) is 5.11. The Balaban J connectivity index is 3.94. The molecular weight excluding hydrogens is 212 g/mol. The molecule has 0 saturated heterocycles. The van der Waals surface area contributed by atoms with Crippen LogP contribution in [0.5, 0.6) is 0 Å². The third-order valence-electron chi connectivity index (χ3n) is 1.44. The molecule has 0 aromatic heterocycles. The average molecular weight is 223 g/mol. The first kappa shape index (κ1) is 10.6. The lowest BCUT2D eigenvalue weighted by molar-refractivity contribution is -0.139. The second kappa shape index (κ2) is 5.29. The van der Waals surface area contributed by atoms with Crippen LogP contribution in [0.4, 0.5) is 0 Å². The van der Waals surface area contributed by atoms with Crippen molar-refractivity contribution in [2.24, 2.45) is 5.92 Å². The van der Waals surface area contributed by atoms with Crippen LogP contribution in [-0.2, 0) is 13.4 Å². The van der Waals surface area contributed by atoms with Crippen LogP contribution in [-0.4, -0.2) is 11.8 Å². The summed E-state index contributed by atoms with van der Waals surface area (Å²) >= 11 is 2.59. The number of ketones is 1. The van der Waals surface area contributed by atoms with Crippen molar-refractivity contribution in [1.29, 1.82) is 0 Å². The lowest BCUT2D eigenvalue weighted by atomic mass is 10.0. The minimum absolute atomic E-state index is 0.00903. The van der Waals surface area contributed by atoms with Gasteiger partial charge in [-0.1, -0.05) is 6.92 Å². The van der Waals surface area contributed by atoms with Crippen LogP contribution < -0.4 is 0 Å². The largest absolute Gasteiger partial charge is 0.383 e. The van der Waals surface area contributed by atoms with Gasteiger partial charge in [0.2, 0.25) is 0 Å². The quantitative estimate of drug-likeness (QED) is 0.730. The van der Waals surface area contributed by atoms with Gasteiger partial charge < -0.3 is 8.62 Å². The molecule has 0 amide bonds. The molecule has 0 aliphatic rings. The zero-order valence-corrected chi connectivity index (χ0v) is 8.18. The minimum Gasteiger partial charge on any atom is -0.383 e. The molecule has 0 spiro atoms. The molecule has 0 aromatic rings. The fourth-order valence-electron chi connectivity index (χ4n) is 0.804. The number of halogens is 1. The fourth-order valence-corrected chi connectivity index (χ4v) is 1.07. The van der Waals surface area contributed by atoms with Crippen LogP contribution >= 0.6 is 16.3 Å². The highest BCUT2D eigenvalue weighted by Gasteiger charge is 2.18. The molecule has 0 bridgehead atoms. The monoisotopic (exact) mass is 222 g/mol. The van der Waals surface area contributed by atoms with E-state index in [-0.39, 0.29) is 24.1 Å². The molecule has 0 aliphatic carbocycles. The highest BCUT2D eigenvalue weighted by atomic mass is 79.9. The van der Waals surface area contributed by atoms with E-state index in [1.54, 1.807) is 0 Å². The third kappa shape index (κ3) is 4.14. The molecule has 0 heterocycles. The molecule has 0 aromatic carbocycles. The predicted octanol–water partition coefficient (Wildman–Crippen LogP) is 1.84. The second-order valence-electron chi connectivity index (χ2n) is 2.41. The minimum atomic E-state index is -0.372. The Kier molecular flexibility index (Phi) is 5.11. The molecule has 64 valence electrons. The molecular formula is C7H11BrO3. The predicted molar refractivity (Wildman–Crippen MR) is 44.1 cm³/mol. The van der Waals surface area contributed by atoms with Crippen LogP contribution in [0.3, 0.4) is 0 Å². The lowest BCUT2D eigenvalue weighted by Crippen LogP contribution is -2.16. The van der Waals surface area contributed by atoms with E-state index in [0.717, 1.165) is 0 Å². The Morgan fingerprint density at radius 2 is 2.09 bits per heavy atom. The molecule has 3 nitrogen and oxygen atoms in total. The van der Waals surface area contributed by atoms with E-state index < -0.39 is 0 Å². The zero-order valence-electron chi connectivity index (χ0n) is 6.59. The van der Waals surface area contributed by atoms with Gasteiger partial charge in [0.1, 0.15) is 5.78 Å². The van der Waals surface area contributed by atoms with Gasteiger partial charge in [0.25, 0.3) is 0 Å². The van der Waals surface area contributed by atoms with E-state index in [1.807, 2.05) is 6.92 Å². The van der Waals surface area contributed by atoms with Crippen molar-refractivity contribution in [3.05, 3.63) is 0 Å². The molecule has 0 rings (SSSR count). The highest BCUT2D eigenvalue weighted by molar-refractivity contribution is 9.06. The maximum Gasteiger partial charge on any atom is 0.320 e. The number of hydrogen-bond acceptors (Lipinski definition) is 3. The molecule has 1 unspecified atom stereocenters. The summed E-state index contributed by atoms with van der Waals surface area (Å²) in [5.41, 5.74) is 0. The van der Waals surface area contributed by atoms with Gasteiger partial charge in [-0.15, -0.1) is 0 Å². The van der Waals surface area contributed by atoms with Crippen LogP contribution in [0.15, 0.2) is 0 Å². The summed E-state index contributed by atoms with van der Waals surface area (Å²) in [6, 6.07) is 0. The maximum atomic E-state index is 10.9. The van der Waals surface area contributed by atoms with E-state index in [2.05, 4.69) is 20.1 Å². The zero-order chi connectivity index (χ0) is 8.85. The van der Waals surface area contributed by atoms with Gasteiger partial charge in [0, 0.05) is 6.42 Å². The molecule has 1 atom stereocenters. The van der Waals surface area contributed by atoms with Gasteiger partial charge in [-0.05, 0) is 13.3 Å². The molecule has 0 radical (unpaired) electrons. The van der Waals surface area contributed by atoms with Crippen LogP contribution in [0.25, 0.3) is 0 Å². The summed E-state index contributed by atoms with van der Waals surface area (Å²) < 4.78 is 4.33. The Morgan fingerprint density at radius 3 is 2.36 bits per heavy atom. The number of hydrogen-bond donors (Lipinski definition) is 0. The second-order valence-corrected chi connectivity index (χ2v) is 2.73. The van der Waals surface area contributed by atoms with Gasteiger partial charge in [0.05, 0.1) is 5.92 Å². The summed E-state index contributed by atoms with van der Waals surface area (Å²) in [5.74, 6) is -0.663. The van der Waals surface area contributed by atoms with E-state index >= 15 is 0 Å². The summed E-state index contributed by atoms with van der Waals surface area (Å²) in [6.45, 7) is 3.31. The number of carbonyl (C=O) groups excluding carboxylic acids is 2. The molecule has 0 saturated carbocycles. The van der Waals surface area contributed by atoms with Gasteiger partial charge in [-0.3, -0.25) is 4.79 Å². The smallest absolute Gasteiger partial charge is 0.320 e. The van der Waals surface area contributed by atoms with Crippen molar-refractivity contribution in [1.82, 2.24) is 0 Å². The highest BCUT2D eigenvalue weighted by Crippen LogP contribution is 2.12. The van der Waals surface area contributed by atoms with Crippen molar-refractivity contribution in [2.75, 3.05) is 0 Å². The average Bonchev–Trinajstić information content (AvgIpc) is 1.98. The van der Waals surface area contributed by atoms with Gasteiger partial charge in [-0.25, -0.2) is 0 Å². The number of carbonyl (C=O) groups is 2. The normalized spacial score (nSPS) is 12.3.